The normalized spacial score (nSPS) is 10.3. The van der Waals surface area contributed by atoms with Crippen molar-refractivity contribution in [3.63, 3.8) is 0 Å². The van der Waals surface area contributed by atoms with E-state index in [0.717, 1.165) is 5.56 Å². The fourth-order valence-electron chi connectivity index (χ4n) is 2.51. The Labute approximate surface area is 151 Å². The number of nitrogens with one attached hydrogen (secondary N) is 2. The number of aryl methyl sites for hydroxylation is 3. The van der Waals surface area contributed by atoms with Gasteiger partial charge in [-0.3, -0.25) is 25.2 Å². The number of rotatable bonds is 6. The number of hydrogen-bond acceptors (Lipinski definition) is 5. The van der Waals surface area contributed by atoms with Crippen LogP contribution in [0, 0.1) is 20.8 Å². The zero-order valence-corrected chi connectivity index (χ0v) is 15.3. The summed E-state index contributed by atoms with van der Waals surface area (Å²) in [5, 5.41) is 0. The summed E-state index contributed by atoms with van der Waals surface area (Å²) in [6, 6.07) is 6.88. The molecule has 2 N–H and O–H groups in total. The van der Waals surface area contributed by atoms with Crippen molar-refractivity contribution in [2.24, 2.45) is 0 Å². The molecule has 2 amide bonds. The number of hydrazine groups is 1. The highest BCUT2D eigenvalue weighted by molar-refractivity contribution is 6.01. The molecule has 7 heteroatoms. The van der Waals surface area contributed by atoms with E-state index in [1.54, 1.807) is 32.0 Å². The second-order valence-electron chi connectivity index (χ2n) is 5.96. The van der Waals surface area contributed by atoms with Gasteiger partial charge in [0.2, 0.25) is 5.91 Å². The summed E-state index contributed by atoms with van der Waals surface area (Å²) in [5.41, 5.74) is 6.33. The molecule has 0 spiro atoms. The predicted molar refractivity (Wildman–Crippen MR) is 95.1 cm³/mol. The number of hydrogen-bond donors (Lipinski definition) is 2. The molecule has 0 bridgehead atoms. The zero-order valence-electron chi connectivity index (χ0n) is 15.3. The van der Waals surface area contributed by atoms with Crippen LogP contribution >= 0.6 is 0 Å². The van der Waals surface area contributed by atoms with Gasteiger partial charge in [-0.05, 0) is 39.0 Å². The van der Waals surface area contributed by atoms with Crippen molar-refractivity contribution in [2.75, 3.05) is 7.11 Å². The van der Waals surface area contributed by atoms with E-state index in [0.29, 0.717) is 28.4 Å². The molecule has 26 heavy (non-hydrogen) atoms. The summed E-state index contributed by atoms with van der Waals surface area (Å²) < 4.78 is 10.5. The van der Waals surface area contributed by atoms with Crippen LogP contribution in [0.25, 0.3) is 0 Å². The van der Waals surface area contributed by atoms with Crippen molar-refractivity contribution < 1.29 is 23.5 Å². The Hall–Kier alpha value is -3.09. The number of ether oxygens (including phenoxy) is 1. The molecule has 0 aliphatic heterocycles. The summed E-state index contributed by atoms with van der Waals surface area (Å²) in [4.78, 5) is 36.2. The topological polar surface area (TPSA) is 97.6 Å². The molecule has 1 aromatic heterocycles. The molecule has 0 aliphatic carbocycles. The second-order valence-corrected chi connectivity index (χ2v) is 5.96. The average Bonchev–Trinajstić information content (AvgIpc) is 2.95. The molecule has 0 aliphatic rings. The largest absolute Gasteiger partial charge is 0.496 e. The first kappa shape index (κ1) is 19.2. The van der Waals surface area contributed by atoms with E-state index in [-0.39, 0.29) is 18.6 Å². The first-order valence-corrected chi connectivity index (χ1v) is 8.16. The monoisotopic (exact) mass is 358 g/mol. The van der Waals surface area contributed by atoms with Gasteiger partial charge in [-0.1, -0.05) is 11.6 Å². The molecule has 0 atom stereocenters. The molecule has 2 rings (SSSR count). The first-order valence-electron chi connectivity index (χ1n) is 8.16. The lowest BCUT2D eigenvalue weighted by atomic mass is 10.0. The van der Waals surface area contributed by atoms with Gasteiger partial charge in [0.25, 0.3) is 5.91 Å². The molecular weight excluding hydrogens is 336 g/mol. The summed E-state index contributed by atoms with van der Waals surface area (Å²) in [6.45, 7) is 5.27. The molecule has 2 aromatic rings. The highest BCUT2D eigenvalue weighted by atomic mass is 16.5. The molecular formula is C19H22N2O5. The van der Waals surface area contributed by atoms with E-state index in [9.17, 15) is 14.4 Å². The number of Topliss-reactive ketones (excluding diaryl/α,β-unsaturated/α-hetero) is 1. The quantitative estimate of drug-likeness (QED) is 0.611. The Morgan fingerprint density at radius 1 is 1.00 bits per heavy atom. The van der Waals surface area contributed by atoms with Gasteiger partial charge in [0.15, 0.2) is 5.78 Å². The molecule has 138 valence electrons. The lowest BCUT2D eigenvalue weighted by molar-refractivity contribution is -0.121. The van der Waals surface area contributed by atoms with Crippen LogP contribution in [0.3, 0.4) is 0 Å². The highest BCUT2D eigenvalue weighted by Gasteiger charge is 2.16. The van der Waals surface area contributed by atoms with Gasteiger partial charge in [0.05, 0.1) is 18.2 Å². The number of furan rings is 1. The van der Waals surface area contributed by atoms with Crippen LogP contribution in [0.5, 0.6) is 5.75 Å². The predicted octanol–water partition coefficient (Wildman–Crippen LogP) is 2.64. The fourth-order valence-corrected chi connectivity index (χ4v) is 2.51. The Balaban J connectivity index is 1.87. The number of benzene rings is 1. The van der Waals surface area contributed by atoms with Crippen molar-refractivity contribution in [2.45, 2.75) is 33.6 Å². The number of methoxy groups -OCH3 is 1. The van der Waals surface area contributed by atoms with Gasteiger partial charge in [-0.25, -0.2) is 0 Å². The van der Waals surface area contributed by atoms with Crippen LogP contribution in [0.4, 0.5) is 0 Å². The maximum atomic E-state index is 12.3. The van der Waals surface area contributed by atoms with E-state index in [4.69, 9.17) is 9.15 Å². The highest BCUT2D eigenvalue weighted by Crippen LogP contribution is 2.21. The molecule has 0 unspecified atom stereocenters. The van der Waals surface area contributed by atoms with Crippen molar-refractivity contribution in [3.8, 4) is 5.75 Å². The first-order chi connectivity index (χ1) is 12.3. The molecule has 0 fully saturated rings. The van der Waals surface area contributed by atoms with Gasteiger partial charge in [-0.2, -0.15) is 0 Å². The minimum absolute atomic E-state index is 0.00532. The van der Waals surface area contributed by atoms with Crippen molar-refractivity contribution in [1.82, 2.24) is 10.9 Å². The van der Waals surface area contributed by atoms with Crippen LogP contribution < -0.4 is 15.6 Å². The third kappa shape index (κ3) is 4.72. The standard InChI is InChI=1S/C19H22N2O5/c1-11-5-7-17(25-4)15(9-11)16(22)6-8-18(23)20-21-19(24)14-10-12(2)26-13(14)3/h5,7,9-10H,6,8H2,1-4H3,(H,20,23)(H,21,24). The summed E-state index contributed by atoms with van der Waals surface area (Å²) >= 11 is 0. The maximum absolute atomic E-state index is 12.3. The molecule has 0 radical (unpaired) electrons. The minimum atomic E-state index is -0.473. The third-order valence-electron chi connectivity index (χ3n) is 3.84. The van der Waals surface area contributed by atoms with Gasteiger partial charge in [-0.15, -0.1) is 0 Å². The van der Waals surface area contributed by atoms with Gasteiger partial charge >= 0.3 is 0 Å². The maximum Gasteiger partial charge on any atom is 0.273 e. The smallest absolute Gasteiger partial charge is 0.273 e. The number of ketones is 1. The molecule has 1 aromatic carbocycles. The van der Waals surface area contributed by atoms with Gasteiger partial charge in [0.1, 0.15) is 17.3 Å². The lowest BCUT2D eigenvalue weighted by Crippen LogP contribution is -2.41. The summed E-state index contributed by atoms with van der Waals surface area (Å²) in [5.74, 6) is 0.414. The molecule has 7 nitrogen and oxygen atoms in total. The van der Waals surface area contributed by atoms with E-state index in [1.165, 1.54) is 7.11 Å². The lowest BCUT2D eigenvalue weighted by Gasteiger charge is -2.09. The van der Waals surface area contributed by atoms with Crippen LogP contribution in [0.1, 0.15) is 50.6 Å². The molecule has 0 saturated carbocycles. The Bertz CT molecular complexity index is 838. The average molecular weight is 358 g/mol. The van der Waals surface area contributed by atoms with Crippen molar-refractivity contribution in [1.29, 1.82) is 0 Å². The zero-order chi connectivity index (χ0) is 19.3. The van der Waals surface area contributed by atoms with E-state index in [2.05, 4.69) is 10.9 Å². The number of carbonyl (C=O) groups is 3. The number of carbonyl (C=O) groups excluding carboxylic acids is 3. The third-order valence-corrected chi connectivity index (χ3v) is 3.84. The second kappa shape index (κ2) is 8.33. The van der Waals surface area contributed by atoms with Crippen LogP contribution in [0.15, 0.2) is 28.7 Å². The van der Waals surface area contributed by atoms with E-state index in [1.807, 2.05) is 13.0 Å². The Kier molecular flexibility index (Phi) is 6.16. The van der Waals surface area contributed by atoms with Crippen molar-refractivity contribution >= 4 is 17.6 Å². The summed E-state index contributed by atoms with van der Waals surface area (Å²) in [7, 11) is 1.49. The minimum Gasteiger partial charge on any atom is -0.496 e. The van der Waals surface area contributed by atoms with Crippen molar-refractivity contribution in [3.05, 3.63) is 52.5 Å². The van der Waals surface area contributed by atoms with Crippen LogP contribution in [0.2, 0.25) is 0 Å². The van der Waals surface area contributed by atoms with Gasteiger partial charge < -0.3 is 9.15 Å². The number of amides is 2. The van der Waals surface area contributed by atoms with Gasteiger partial charge in [0, 0.05) is 12.8 Å². The van der Waals surface area contributed by atoms with E-state index >= 15 is 0 Å². The van der Waals surface area contributed by atoms with Crippen LogP contribution in [-0.2, 0) is 4.79 Å². The van der Waals surface area contributed by atoms with E-state index < -0.39 is 11.8 Å². The Morgan fingerprint density at radius 2 is 1.73 bits per heavy atom. The SMILES string of the molecule is COc1ccc(C)cc1C(=O)CCC(=O)NNC(=O)c1cc(C)oc1C. The Morgan fingerprint density at radius 3 is 2.35 bits per heavy atom. The van der Waals surface area contributed by atoms with Crippen LogP contribution in [-0.4, -0.2) is 24.7 Å². The molecule has 0 saturated heterocycles. The summed E-state index contributed by atoms with van der Waals surface area (Å²) in [6.07, 6.45) is -0.0506. The molecule has 1 heterocycles. The fraction of sp³-hybridized carbons (Fsp3) is 0.316.